The highest BCUT2D eigenvalue weighted by atomic mass is 19.2. The lowest BCUT2D eigenvalue weighted by atomic mass is 10.3. The van der Waals surface area contributed by atoms with E-state index >= 15 is 0 Å². The summed E-state index contributed by atoms with van der Waals surface area (Å²) >= 11 is 0. The number of amides is 1. The van der Waals surface area contributed by atoms with Gasteiger partial charge in [-0.25, -0.2) is 13.2 Å². The average molecular weight is 232 g/mol. The number of hydrogen-bond acceptors (Lipinski definition) is 2. The first-order chi connectivity index (χ1) is 7.41. The highest BCUT2D eigenvalue weighted by molar-refractivity contribution is 5.80. The highest BCUT2D eigenvalue weighted by Crippen LogP contribution is 2.16. The minimum Gasteiger partial charge on any atom is -0.376 e. The van der Waals surface area contributed by atoms with Crippen molar-refractivity contribution in [2.45, 2.75) is 0 Å². The van der Waals surface area contributed by atoms with Crippen LogP contribution in [0.3, 0.4) is 0 Å². The quantitative estimate of drug-likeness (QED) is 0.803. The zero-order chi connectivity index (χ0) is 12.3. The van der Waals surface area contributed by atoms with Gasteiger partial charge in [0.15, 0.2) is 17.5 Å². The molecule has 0 atom stereocenters. The van der Waals surface area contributed by atoms with Crippen LogP contribution in [0.25, 0.3) is 0 Å². The van der Waals surface area contributed by atoms with Crippen LogP contribution in [0.4, 0.5) is 18.9 Å². The Morgan fingerprint density at radius 1 is 1.25 bits per heavy atom. The molecule has 1 N–H and O–H groups in total. The minimum atomic E-state index is -1.52. The second kappa shape index (κ2) is 4.87. The topological polar surface area (TPSA) is 32.3 Å². The van der Waals surface area contributed by atoms with Crippen LogP contribution in [0.2, 0.25) is 0 Å². The Morgan fingerprint density at radius 3 is 2.19 bits per heavy atom. The van der Waals surface area contributed by atoms with E-state index in [9.17, 15) is 18.0 Å². The number of benzene rings is 1. The molecule has 0 fully saturated rings. The van der Waals surface area contributed by atoms with Gasteiger partial charge in [-0.1, -0.05) is 0 Å². The number of likely N-dealkylation sites (N-methyl/N-ethyl adjacent to an activating group) is 1. The molecule has 0 spiro atoms. The van der Waals surface area contributed by atoms with Crippen LogP contribution in [-0.2, 0) is 4.79 Å². The Bertz CT molecular complexity index is 384. The zero-order valence-electron chi connectivity index (χ0n) is 8.85. The standard InChI is InChI=1S/C10H11F3N2O/c1-15(2)9(16)5-14-6-3-7(11)10(13)8(12)4-6/h3-4,14H,5H2,1-2H3. The van der Waals surface area contributed by atoms with Gasteiger partial charge in [0.05, 0.1) is 6.54 Å². The molecule has 0 aliphatic carbocycles. The number of nitrogens with zero attached hydrogens (tertiary/aromatic N) is 1. The number of halogens is 3. The van der Waals surface area contributed by atoms with E-state index in [4.69, 9.17) is 0 Å². The molecule has 1 aromatic rings. The summed E-state index contributed by atoms with van der Waals surface area (Å²) < 4.78 is 38.1. The van der Waals surface area contributed by atoms with E-state index in [1.54, 1.807) is 14.1 Å². The van der Waals surface area contributed by atoms with Crippen LogP contribution in [0, 0.1) is 17.5 Å². The van der Waals surface area contributed by atoms with Gasteiger partial charge in [0.2, 0.25) is 5.91 Å². The number of nitrogens with one attached hydrogen (secondary N) is 1. The Kier molecular flexibility index (Phi) is 3.76. The molecule has 0 heterocycles. The number of carbonyl (C=O) groups excluding carboxylic acids is 1. The Morgan fingerprint density at radius 2 is 1.75 bits per heavy atom. The van der Waals surface area contributed by atoms with Gasteiger partial charge in [0, 0.05) is 31.9 Å². The van der Waals surface area contributed by atoms with E-state index in [-0.39, 0.29) is 18.1 Å². The molecule has 3 nitrogen and oxygen atoms in total. The second-order valence-electron chi connectivity index (χ2n) is 3.40. The summed E-state index contributed by atoms with van der Waals surface area (Å²) in [7, 11) is 3.10. The summed E-state index contributed by atoms with van der Waals surface area (Å²) in [5.41, 5.74) is 0.0200. The van der Waals surface area contributed by atoms with Gasteiger partial charge in [0.1, 0.15) is 0 Å². The average Bonchev–Trinajstić information content (AvgIpc) is 2.22. The van der Waals surface area contributed by atoms with Crippen molar-refractivity contribution >= 4 is 11.6 Å². The van der Waals surface area contributed by atoms with E-state index < -0.39 is 17.5 Å². The second-order valence-corrected chi connectivity index (χ2v) is 3.40. The van der Waals surface area contributed by atoms with Crippen molar-refractivity contribution in [1.29, 1.82) is 0 Å². The molecule has 0 unspecified atom stereocenters. The Labute approximate surface area is 90.9 Å². The van der Waals surface area contributed by atoms with Gasteiger partial charge < -0.3 is 10.2 Å². The fraction of sp³-hybridized carbons (Fsp3) is 0.300. The van der Waals surface area contributed by atoms with Crippen molar-refractivity contribution in [3.63, 3.8) is 0 Å². The molecule has 1 rings (SSSR count). The molecule has 1 aromatic carbocycles. The molecule has 0 aliphatic rings. The van der Waals surface area contributed by atoms with Crippen molar-refractivity contribution < 1.29 is 18.0 Å². The highest BCUT2D eigenvalue weighted by Gasteiger charge is 2.11. The van der Waals surface area contributed by atoms with Crippen LogP contribution < -0.4 is 5.32 Å². The lowest BCUT2D eigenvalue weighted by Crippen LogP contribution is -2.28. The molecular weight excluding hydrogens is 221 g/mol. The van der Waals surface area contributed by atoms with Crippen molar-refractivity contribution in [3.8, 4) is 0 Å². The lowest BCUT2D eigenvalue weighted by molar-refractivity contribution is -0.126. The number of rotatable bonds is 3. The van der Waals surface area contributed by atoms with E-state index in [1.807, 2.05) is 0 Å². The van der Waals surface area contributed by atoms with Gasteiger partial charge in [-0.05, 0) is 0 Å². The minimum absolute atomic E-state index is 0.0200. The molecule has 1 amide bonds. The summed E-state index contributed by atoms with van der Waals surface area (Å²) in [5, 5.41) is 2.50. The van der Waals surface area contributed by atoms with E-state index in [0.717, 1.165) is 12.1 Å². The van der Waals surface area contributed by atoms with Crippen LogP contribution in [0.1, 0.15) is 0 Å². The first-order valence-corrected chi connectivity index (χ1v) is 4.50. The summed E-state index contributed by atoms with van der Waals surface area (Å²) in [5.74, 6) is -4.37. The van der Waals surface area contributed by atoms with Crippen molar-refractivity contribution in [3.05, 3.63) is 29.6 Å². The molecule has 0 saturated heterocycles. The molecule has 6 heteroatoms. The normalized spacial score (nSPS) is 10.1. The van der Waals surface area contributed by atoms with Gasteiger partial charge in [-0.3, -0.25) is 4.79 Å². The van der Waals surface area contributed by atoms with Crippen molar-refractivity contribution in [2.24, 2.45) is 0 Å². The smallest absolute Gasteiger partial charge is 0.241 e. The molecule has 0 bridgehead atoms. The molecule has 88 valence electrons. The maximum atomic E-state index is 12.8. The summed E-state index contributed by atoms with van der Waals surface area (Å²) in [6.07, 6.45) is 0. The Hall–Kier alpha value is -1.72. The maximum Gasteiger partial charge on any atom is 0.241 e. The summed E-state index contributed by atoms with van der Waals surface area (Å²) in [4.78, 5) is 12.5. The Balaban J connectivity index is 2.72. The number of hydrogen-bond donors (Lipinski definition) is 1. The van der Waals surface area contributed by atoms with E-state index in [1.165, 1.54) is 4.90 Å². The third kappa shape index (κ3) is 2.88. The predicted octanol–water partition coefficient (Wildman–Crippen LogP) is 1.60. The van der Waals surface area contributed by atoms with E-state index in [0.29, 0.717) is 0 Å². The van der Waals surface area contributed by atoms with Crippen LogP contribution in [0.5, 0.6) is 0 Å². The predicted molar refractivity (Wildman–Crippen MR) is 53.5 cm³/mol. The molecule has 16 heavy (non-hydrogen) atoms. The summed E-state index contributed by atoms with van der Waals surface area (Å²) in [6, 6.07) is 1.59. The molecule has 0 aliphatic heterocycles. The molecular formula is C10H11F3N2O. The van der Waals surface area contributed by atoms with Crippen LogP contribution in [0.15, 0.2) is 12.1 Å². The first kappa shape index (κ1) is 12.4. The van der Waals surface area contributed by atoms with Gasteiger partial charge >= 0.3 is 0 Å². The number of anilines is 1. The fourth-order valence-corrected chi connectivity index (χ4v) is 0.993. The fourth-order valence-electron chi connectivity index (χ4n) is 0.993. The van der Waals surface area contributed by atoms with Gasteiger partial charge in [0.25, 0.3) is 0 Å². The van der Waals surface area contributed by atoms with Crippen molar-refractivity contribution in [1.82, 2.24) is 4.90 Å². The first-order valence-electron chi connectivity index (χ1n) is 4.50. The number of carbonyl (C=O) groups is 1. The largest absolute Gasteiger partial charge is 0.376 e. The molecule has 0 radical (unpaired) electrons. The molecule has 0 saturated carbocycles. The third-order valence-electron chi connectivity index (χ3n) is 1.93. The zero-order valence-corrected chi connectivity index (χ0v) is 8.85. The van der Waals surface area contributed by atoms with Crippen LogP contribution in [-0.4, -0.2) is 31.4 Å². The maximum absolute atomic E-state index is 12.8. The van der Waals surface area contributed by atoms with E-state index in [2.05, 4.69) is 5.32 Å². The lowest BCUT2D eigenvalue weighted by Gasteiger charge is -2.11. The SMILES string of the molecule is CN(C)C(=O)CNc1cc(F)c(F)c(F)c1. The molecule has 0 aromatic heterocycles. The third-order valence-corrected chi connectivity index (χ3v) is 1.93. The summed E-state index contributed by atoms with van der Waals surface area (Å²) in [6.45, 7) is -0.114. The van der Waals surface area contributed by atoms with Crippen LogP contribution >= 0.6 is 0 Å². The van der Waals surface area contributed by atoms with Crippen molar-refractivity contribution in [2.75, 3.05) is 26.0 Å². The van der Waals surface area contributed by atoms with Gasteiger partial charge in [-0.2, -0.15) is 0 Å². The monoisotopic (exact) mass is 232 g/mol. The van der Waals surface area contributed by atoms with Gasteiger partial charge in [-0.15, -0.1) is 0 Å².